The molecule has 0 unspecified atom stereocenters. The average Bonchev–Trinajstić information content (AvgIpc) is 3.01. The van der Waals surface area contributed by atoms with Gasteiger partial charge in [-0.25, -0.2) is 0 Å². The van der Waals surface area contributed by atoms with Crippen molar-refractivity contribution in [1.82, 2.24) is 10.1 Å². The van der Waals surface area contributed by atoms with Crippen LogP contribution in [0, 0.1) is 13.8 Å². The van der Waals surface area contributed by atoms with Crippen LogP contribution in [0.25, 0.3) is 0 Å². The van der Waals surface area contributed by atoms with E-state index < -0.39 is 0 Å². The van der Waals surface area contributed by atoms with E-state index in [9.17, 15) is 4.79 Å². The summed E-state index contributed by atoms with van der Waals surface area (Å²) in [7, 11) is 1.61. The quantitative estimate of drug-likeness (QED) is 0.633. The second kappa shape index (κ2) is 10.7. The second-order valence-electron chi connectivity index (χ2n) is 6.59. The number of anilines is 1. The molecular formula is C21H31N3O4. The molecule has 7 heteroatoms. The highest BCUT2D eigenvalue weighted by Gasteiger charge is 2.13. The van der Waals surface area contributed by atoms with Crippen LogP contribution in [0.2, 0.25) is 0 Å². The van der Waals surface area contributed by atoms with Crippen molar-refractivity contribution in [2.24, 2.45) is 0 Å². The first-order valence-electron chi connectivity index (χ1n) is 9.73. The number of aryl methyl sites for hydroxylation is 2. The molecule has 1 heterocycles. The van der Waals surface area contributed by atoms with Crippen molar-refractivity contribution < 1.29 is 18.8 Å². The number of ether oxygens (including phenoxy) is 2. The first-order chi connectivity index (χ1) is 13.5. The maximum Gasteiger partial charge on any atom is 0.224 e. The Morgan fingerprint density at radius 1 is 1.21 bits per heavy atom. The molecule has 1 N–H and O–H groups in total. The van der Waals surface area contributed by atoms with Crippen LogP contribution in [0.3, 0.4) is 0 Å². The number of carbonyl (C=O) groups excluding carboxylic acids is 1. The molecule has 1 aromatic heterocycles. The maximum absolute atomic E-state index is 12.3. The van der Waals surface area contributed by atoms with Crippen LogP contribution >= 0.6 is 0 Å². The molecule has 0 aliphatic rings. The van der Waals surface area contributed by atoms with E-state index >= 15 is 0 Å². The fourth-order valence-corrected chi connectivity index (χ4v) is 3.01. The van der Waals surface area contributed by atoms with Gasteiger partial charge in [0.15, 0.2) is 11.5 Å². The van der Waals surface area contributed by atoms with Crippen LogP contribution in [-0.4, -0.2) is 49.3 Å². The number of nitrogens with one attached hydrogen (secondary N) is 1. The van der Waals surface area contributed by atoms with Crippen molar-refractivity contribution in [3.05, 3.63) is 35.2 Å². The molecule has 0 aliphatic heterocycles. The molecule has 0 fully saturated rings. The summed E-state index contributed by atoms with van der Waals surface area (Å²) in [5, 5.41) is 6.84. The minimum Gasteiger partial charge on any atom is -0.493 e. The molecule has 0 bridgehead atoms. The fraction of sp³-hybridized carbons (Fsp3) is 0.524. The summed E-state index contributed by atoms with van der Waals surface area (Å²) in [6.45, 7) is 11.4. The predicted octanol–water partition coefficient (Wildman–Crippen LogP) is 3.59. The summed E-state index contributed by atoms with van der Waals surface area (Å²) in [5.74, 6) is 1.96. The van der Waals surface area contributed by atoms with Crippen LogP contribution in [0.1, 0.15) is 37.3 Å². The van der Waals surface area contributed by atoms with Gasteiger partial charge in [0.05, 0.1) is 12.8 Å². The lowest BCUT2D eigenvalue weighted by atomic mass is 10.1. The Morgan fingerprint density at radius 3 is 2.57 bits per heavy atom. The van der Waals surface area contributed by atoms with E-state index in [2.05, 4.69) is 29.2 Å². The summed E-state index contributed by atoms with van der Waals surface area (Å²) in [5.41, 5.74) is 2.51. The summed E-state index contributed by atoms with van der Waals surface area (Å²) in [6, 6.07) is 5.41. The number of hydrogen-bond acceptors (Lipinski definition) is 6. The maximum atomic E-state index is 12.3. The van der Waals surface area contributed by atoms with E-state index in [0.29, 0.717) is 36.6 Å². The summed E-state index contributed by atoms with van der Waals surface area (Å²) in [4.78, 5) is 14.6. The molecule has 0 saturated carbocycles. The lowest BCUT2D eigenvalue weighted by Crippen LogP contribution is -2.28. The van der Waals surface area contributed by atoms with Gasteiger partial charge in [0.25, 0.3) is 0 Å². The highest BCUT2D eigenvalue weighted by atomic mass is 16.5. The van der Waals surface area contributed by atoms with Gasteiger partial charge in [0.2, 0.25) is 5.91 Å². The van der Waals surface area contributed by atoms with Crippen LogP contribution in [0.15, 0.2) is 22.7 Å². The first kappa shape index (κ1) is 21.8. The summed E-state index contributed by atoms with van der Waals surface area (Å²) in [6.07, 6.45) is 0.948. The third-order valence-corrected chi connectivity index (χ3v) is 4.79. The molecule has 0 saturated heterocycles. The van der Waals surface area contributed by atoms with Crippen LogP contribution in [-0.2, 0) is 11.2 Å². The molecule has 2 aromatic rings. The van der Waals surface area contributed by atoms with Gasteiger partial charge in [0.1, 0.15) is 12.4 Å². The topological polar surface area (TPSA) is 76.8 Å². The van der Waals surface area contributed by atoms with E-state index in [1.54, 1.807) is 19.2 Å². The molecule has 0 aliphatic carbocycles. The Bertz CT molecular complexity index is 750. The van der Waals surface area contributed by atoms with Crippen molar-refractivity contribution in [2.45, 2.75) is 40.5 Å². The Morgan fingerprint density at radius 2 is 1.96 bits per heavy atom. The minimum atomic E-state index is -0.0701. The van der Waals surface area contributed by atoms with Crippen molar-refractivity contribution in [2.75, 3.05) is 38.7 Å². The minimum absolute atomic E-state index is 0.0701. The molecule has 7 nitrogen and oxygen atoms in total. The number of aromatic nitrogens is 1. The Balaban J connectivity index is 1.94. The molecular weight excluding hydrogens is 358 g/mol. The van der Waals surface area contributed by atoms with Gasteiger partial charge in [-0.1, -0.05) is 19.0 Å². The normalized spacial score (nSPS) is 10.9. The molecule has 0 radical (unpaired) electrons. The fourth-order valence-electron chi connectivity index (χ4n) is 3.01. The zero-order valence-corrected chi connectivity index (χ0v) is 17.5. The number of nitrogens with zero attached hydrogens (tertiary/aromatic N) is 2. The zero-order valence-electron chi connectivity index (χ0n) is 17.5. The number of amides is 1. The van der Waals surface area contributed by atoms with Crippen molar-refractivity contribution in [1.29, 1.82) is 0 Å². The van der Waals surface area contributed by atoms with Gasteiger partial charge >= 0.3 is 0 Å². The van der Waals surface area contributed by atoms with Gasteiger partial charge < -0.3 is 24.2 Å². The number of rotatable bonds is 11. The smallest absolute Gasteiger partial charge is 0.224 e. The Kier molecular flexibility index (Phi) is 8.32. The molecule has 154 valence electrons. The molecule has 2 rings (SSSR count). The van der Waals surface area contributed by atoms with Crippen LogP contribution in [0.4, 0.5) is 5.69 Å². The highest BCUT2D eigenvalue weighted by molar-refractivity contribution is 5.91. The third-order valence-electron chi connectivity index (χ3n) is 4.79. The standard InChI is InChI=1S/C21H31N3O4/c1-6-24(7-2)12-13-27-20-14-17(8-10-19(20)26-5)22-21(25)11-9-18-15(3)23-28-16(18)4/h8,10,14H,6-7,9,11-13H2,1-5H3,(H,22,25). The summed E-state index contributed by atoms with van der Waals surface area (Å²) < 4.78 is 16.4. The molecule has 28 heavy (non-hydrogen) atoms. The Hall–Kier alpha value is -2.54. The molecule has 1 aromatic carbocycles. The SMILES string of the molecule is CCN(CC)CCOc1cc(NC(=O)CCc2c(C)noc2C)ccc1OC. The summed E-state index contributed by atoms with van der Waals surface area (Å²) >= 11 is 0. The van der Waals surface area contributed by atoms with Gasteiger partial charge in [0, 0.05) is 30.3 Å². The van der Waals surface area contributed by atoms with E-state index in [0.717, 1.165) is 36.7 Å². The molecule has 1 amide bonds. The van der Waals surface area contributed by atoms with E-state index in [4.69, 9.17) is 14.0 Å². The van der Waals surface area contributed by atoms with Gasteiger partial charge in [-0.05, 0) is 45.5 Å². The van der Waals surface area contributed by atoms with E-state index in [-0.39, 0.29) is 5.91 Å². The van der Waals surface area contributed by atoms with E-state index in [1.807, 2.05) is 19.9 Å². The second-order valence-corrected chi connectivity index (χ2v) is 6.59. The van der Waals surface area contributed by atoms with Crippen LogP contribution < -0.4 is 14.8 Å². The number of methoxy groups -OCH3 is 1. The first-order valence-corrected chi connectivity index (χ1v) is 9.73. The van der Waals surface area contributed by atoms with Crippen molar-refractivity contribution in [3.8, 4) is 11.5 Å². The number of carbonyl (C=O) groups is 1. The Labute approximate surface area is 167 Å². The monoisotopic (exact) mass is 389 g/mol. The largest absolute Gasteiger partial charge is 0.493 e. The zero-order chi connectivity index (χ0) is 20.5. The van der Waals surface area contributed by atoms with Gasteiger partial charge in [-0.2, -0.15) is 0 Å². The van der Waals surface area contributed by atoms with E-state index in [1.165, 1.54) is 0 Å². The lowest BCUT2D eigenvalue weighted by molar-refractivity contribution is -0.116. The van der Waals surface area contributed by atoms with Gasteiger partial charge in [-0.3, -0.25) is 4.79 Å². The molecule has 0 spiro atoms. The highest BCUT2D eigenvalue weighted by Crippen LogP contribution is 2.30. The average molecular weight is 389 g/mol. The number of hydrogen-bond donors (Lipinski definition) is 1. The van der Waals surface area contributed by atoms with Crippen molar-refractivity contribution in [3.63, 3.8) is 0 Å². The predicted molar refractivity (Wildman–Crippen MR) is 109 cm³/mol. The lowest BCUT2D eigenvalue weighted by Gasteiger charge is -2.19. The van der Waals surface area contributed by atoms with Gasteiger partial charge in [-0.15, -0.1) is 0 Å². The molecule has 0 atom stereocenters. The number of benzene rings is 1. The third kappa shape index (κ3) is 5.99. The van der Waals surface area contributed by atoms with Crippen LogP contribution in [0.5, 0.6) is 11.5 Å². The number of likely N-dealkylation sites (N-methyl/N-ethyl adjacent to an activating group) is 1. The van der Waals surface area contributed by atoms with Crippen molar-refractivity contribution >= 4 is 11.6 Å².